The van der Waals surface area contributed by atoms with E-state index in [2.05, 4.69) is 26.0 Å². The average Bonchev–Trinajstić information content (AvgIpc) is 3.40. The number of nitrogens with zero attached hydrogens (tertiary/aromatic N) is 2. The molecule has 0 saturated heterocycles. The fourth-order valence-corrected chi connectivity index (χ4v) is 5.28. The van der Waals surface area contributed by atoms with E-state index in [0.29, 0.717) is 34.1 Å². The molecule has 0 radical (unpaired) electrons. The number of anilines is 1. The van der Waals surface area contributed by atoms with Gasteiger partial charge in [-0.3, -0.25) is 9.69 Å². The van der Waals surface area contributed by atoms with Crippen LogP contribution in [0, 0.1) is 6.92 Å². The Morgan fingerprint density at radius 2 is 1.97 bits per heavy atom. The molecule has 0 aliphatic rings. The van der Waals surface area contributed by atoms with Crippen LogP contribution in [0.5, 0.6) is 0 Å². The minimum atomic E-state index is -0.0246. The third kappa shape index (κ3) is 5.14. The molecule has 0 N–H and O–H groups in total. The maximum absolute atomic E-state index is 13.4. The summed E-state index contributed by atoms with van der Waals surface area (Å²) < 4.78 is 6.52. The number of thiazole rings is 1. The van der Waals surface area contributed by atoms with Gasteiger partial charge in [0, 0.05) is 15.2 Å². The normalized spacial score (nSPS) is 11.4. The van der Waals surface area contributed by atoms with Crippen molar-refractivity contribution in [1.29, 1.82) is 0 Å². The van der Waals surface area contributed by atoms with Gasteiger partial charge in [-0.1, -0.05) is 48.9 Å². The molecular formula is C24H23ClN2O2S2. The summed E-state index contributed by atoms with van der Waals surface area (Å²) in [7, 11) is 0. The molecule has 4 nitrogen and oxygen atoms in total. The summed E-state index contributed by atoms with van der Waals surface area (Å²) in [6, 6.07) is 15.7. The number of aromatic nitrogens is 1. The van der Waals surface area contributed by atoms with Crippen molar-refractivity contribution in [2.75, 3.05) is 4.90 Å². The number of hydrogen-bond donors (Lipinski definition) is 0. The van der Waals surface area contributed by atoms with Gasteiger partial charge < -0.3 is 4.42 Å². The molecule has 0 atom stereocenters. The van der Waals surface area contributed by atoms with Crippen LogP contribution in [0.25, 0.3) is 10.2 Å². The van der Waals surface area contributed by atoms with Crippen molar-refractivity contribution in [3.05, 3.63) is 76.7 Å². The number of rotatable bonds is 7. The number of amides is 1. The third-order valence-corrected chi connectivity index (χ3v) is 7.28. The number of benzene rings is 2. The lowest BCUT2D eigenvalue weighted by Crippen LogP contribution is -2.31. The van der Waals surface area contributed by atoms with Crippen molar-refractivity contribution in [2.24, 2.45) is 0 Å². The Kier molecular flexibility index (Phi) is 6.70. The van der Waals surface area contributed by atoms with Crippen LogP contribution in [-0.2, 0) is 17.8 Å². The topological polar surface area (TPSA) is 46.3 Å². The van der Waals surface area contributed by atoms with Crippen LogP contribution in [0.1, 0.15) is 30.7 Å². The van der Waals surface area contributed by atoms with E-state index in [1.54, 1.807) is 11.2 Å². The molecule has 0 aliphatic heterocycles. The van der Waals surface area contributed by atoms with Crippen molar-refractivity contribution in [3.8, 4) is 0 Å². The molecule has 7 heteroatoms. The number of hydrogen-bond acceptors (Lipinski definition) is 5. The van der Waals surface area contributed by atoms with Crippen LogP contribution < -0.4 is 4.90 Å². The molecule has 0 saturated carbocycles. The van der Waals surface area contributed by atoms with Gasteiger partial charge in [0.1, 0.15) is 5.76 Å². The molecular weight excluding hydrogens is 448 g/mol. The van der Waals surface area contributed by atoms with Crippen LogP contribution in [0.2, 0.25) is 5.02 Å². The van der Waals surface area contributed by atoms with Crippen molar-refractivity contribution in [1.82, 2.24) is 4.98 Å². The number of thioether (sulfide) groups is 1. The summed E-state index contributed by atoms with van der Waals surface area (Å²) in [5.74, 6) is 0.689. The predicted molar refractivity (Wildman–Crippen MR) is 130 cm³/mol. The highest BCUT2D eigenvalue weighted by atomic mass is 35.5. The fourth-order valence-electron chi connectivity index (χ4n) is 3.25. The first-order chi connectivity index (χ1) is 14.9. The second-order valence-corrected chi connectivity index (χ2v) is 10.6. The van der Waals surface area contributed by atoms with Gasteiger partial charge in [-0.2, -0.15) is 0 Å². The largest absolute Gasteiger partial charge is 0.467 e. The van der Waals surface area contributed by atoms with E-state index >= 15 is 0 Å². The summed E-state index contributed by atoms with van der Waals surface area (Å²) in [6.07, 6.45) is 1.91. The maximum Gasteiger partial charge on any atom is 0.233 e. The first kappa shape index (κ1) is 21.9. The monoisotopic (exact) mass is 470 g/mol. The summed E-state index contributed by atoms with van der Waals surface area (Å²) in [5, 5.41) is 1.84. The Balaban J connectivity index is 1.62. The molecule has 0 aliphatic carbocycles. The molecule has 31 heavy (non-hydrogen) atoms. The highest BCUT2D eigenvalue weighted by Crippen LogP contribution is 2.34. The zero-order valence-corrected chi connectivity index (χ0v) is 20.0. The highest BCUT2D eigenvalue weighted by Gasteiger charge is 2.22. The van der Waals surface area contributed by atoms with Gasteiger partial charge in [-0.05, 0) is 54.4 Å². The SMILES string of the molecule is Cc1c(Cl)ccc2sc(N(Cc3ccco3)C(=O)Cc3ccc(SC(C)C)cc3)nc12. The molecule has 2 heterocycles. The molecule has 2 aromatic heterocycles. The van der Waals surface area contributed by atoms with Gasteiger partial charge in [0.15, 0.2) is 5.13 Å². The molecule has 0 bridgehead atoms. The number of halogens is 1. The first-order valence-corrected chi connectivity index (χ1v) is 12.1. The average molecular weight is 471 g/mol. The van der Waals surface area contributed by atoms with E-state index in [1.807, 2.05) is 55.1 Å². The standard InChI is InChI=1S/C24H23ClN2O2S2/c1-15(2)30-19-8-6-17(7-9-19)13-22(28)27(14-18-5-4-12-29-18)24-26-23-16(3)20(25)10-11-21(23)31-24/h4-12,15H,13-14H2,1-3H3. The molecule has 4 aromatic rings. The third-order valence-electron chi connectivity index (χ3n) is 4.81. The molecule has 4 rings (SSSR count). The zero-order valence-electron chi connectivity index (χ0n) is 17.6. The molecule has 0 spiro atoms. The fraction of sp³-hybridized carbons (Fsp3) is 0.250. The van der Waals surface area contributed by atoms with Gasteiger partial charge in [0.25, 0.3) is 0 Å². The van der Waals surface area contributed by atoms with Gasteiger partial charge in [-0.25, -0.2) is 4.98 Å². The quantitative estimate of drug-likeness (QED) is 0.269. The Bertz CT molecular complexity index is 1180. The van der Waals surface area contributed by atoms with Gasteiger partial charge >= 0.3 is 0 Å². The van der Waals surface area contributed by atoms with Crippen LogP contribution in [-0.4, -0.2) is 16.1 Å². The Morgan fingerprint density at radius 3 is 2.65 bits per heavy atom. The minimum absolute atomic E-state index is 0.0246. The van der Waals surface area contributed by atoms with Crippen molar-refractivity contribution < 1.29 is 9.21 Å². The Hall–Kier alpha value is -2.28. The molecule has 1 amide bonds. The van der Waals surface area contributed by atoms with Crippen LogP contribution >= 0.6 is 34.7 Å². The lowest BCUT2D eigenvalue weighted by molar-refractivity contribution is -0.118. The van der Waals surface area contributed by atoms with Crippen LogP contribution in [0.3, 0.4) is 0 Å². The highest BCUT2D eigenvalue weighted by molar-refractivity contribution is 7.99. The summed E-state index contributed by atoms with van der Waals surface area (Å²) in [5.41, 5.74) is 2.73. The van der Waals surface area contributed by atoms with Gasteiger partial charge in [0.05, 0.1) is 29.4 Å². The van der Waals surface area contributed by atoms with Crippen molar-refractivity contribution in [3.63, 3.8) is 0 Å². The van der Waals surface area contributed by atoms with E-state index in [-0.39, 0.29) is 5.91 Å². The number of fused-ring (bicyclic) bond motifs is 1. The number of carbonyl (C=O) groups excluding carboxylic acids is 1. The molecule has 0 unspecified atom stereocenters. The van der Waals surface area contributed by atoms with Crippen molar-refractivity contribution in [2.45, 2.75) is 43.9 Å². The van der Waals surface area contributed by atoms with E-state index in [1.165, 1.54) is 16.2 Å². The lowest BCUT2D eigenvalue weighted by Gasteiger charge is -2.19. The van der Waals surface area contributed by atoms with Crippen molar-refractivity contribution >= 4 is 56.0 Å². The lowest BCUT2D eigenvalue weighted by atomic mass is 10.1. The number of furan rings is 1. The smallest absolute Gasteiger partial charge is 0.233 e. The number of carbonyl (C=O) groups is 1. The predicted octanol–water partition coefficient (Wildman–Crippen LogP) is 7.13. The van der Waals surface area contributed by atoms with E-state index < -0.39 is 0 Å². The summed E-state index contributed by atoms with van der Waals surface area (Å²) in [6.45, 7) is 6.62. The Labute approximate surface area is 195 Å². The first-order valence-electron chi connectivity index (χ1n) is 10.0. The maximum atomic E-state index is 13.4. The van der Waals surface area contributed by atoms with E-state index in [0.717, 1.165) is 21.3 Å². The summed E-state index contributed by atoms with van der Waals surface area (Å²) >= 11 is 9.57. The van der Waals surface area contributed by atoms with Gasteiger partial charge in [-0.15, -0.1) is 11.8 Å². The number of aryl methyl sites for hydroxylation is 1. The summed E-state index contributed by atoms with van der Waals surface area (Å²) in [4.78, 5) is 21.0. The zero-order chi connectivity index (χ0) is 22.0. The molecule has 0 fully saturated rings. The second kappa shape index (κ2) is 9.47. The Morgan fingerprint density at radius 1 is 1.19 bits per heavy atom. The van der Waals surface area contributed by atoms with E-state index in [4.69, 9.17) is 21.0 Å². The second-order valence-electron chi connectivity index (χ2n) is 7.56. The van der Waals surface area contributed by atoms with E-state index in [9.17, 15) is 4.79 Å². The molecule has 2 aromatic carbocycles. The van der Waals surface area contributed by atoms with Crippen LogP contribution in [0.4, 0.5) is 5.13 Å². The van der Waals surface area contributed by atoms with Crippen LogP contribution in [0.15, 0.2) is 64.1 Å². The molecule has 160 valence electrons. The van der Waals surface area contributed by atoms with Gasteiger partial charge in [0.2, 0.25) is 5.91 Å². The minimum Gasteiger partial charge on any atom is -0.467 e.